The molecule has 1 aliphatic rings. The van der Waals surface area contributed by atoms with Crippen molar-refractivity contribution in [1.29, 1.82) is 0 Å². The maximum atomic E-state index is 11.0. The minimum absolute atomic E-state index is 0.122. The maximum absolute atomic E-state index is 11.0. The van der Waals surface area contributed by atoms with E-state index in [9.17, 15) is 8.42 Å². The van der Waals surface area contributed by atoms with Crippen LogP contribution in [-0.2, 0) is 22.0 Å². The minimum atomic E-state index is -3.61. The third-order valence-electron chi connectivity index (χ3n) is 1.93. The average Bonchev–Trinajstić information content (AvgIpc) is 2.37. The van der Waals surface area contributed by atoms with Crippen LogP contribution in [0.2, 0.25) is 0 Å². The van der Waals surface area contributed by atoms with Crippen LogP contribution in [0.15, 0.2) is 11.2 Å². The first-order valence-electron chi connectivity index (χ1n) is 3.58. The highest BCUT2D eigenvalue weighted by Gasteiger charge is 2.22. The molecule has 0 saturated heterocycles. The van der Waals surface area contributed by atoms with Crippen LogP contribution in [0.5, 0.6) is 0 Å². The molecule has 0 aromatic carbocycles. The summed E-state index contributed by atoms with van der Waals surface area (Å²) in [7, 11) is 1.58. The molecule has 0 fully saturated rings. The number of aromatic nitrogens is 2. The average molecular weight is 207 g/mol. The molecular weight excluding hydrogens is 200 g/mol. The standard InChI is InChI=1S/C6H7ClN2O2S/c7-12(10,11)6-4-8-5-2-1-3-9(5)6/h4H,1-3H2. The molecule has 4 nitrogen and oxygen atoms in total. The third kappa shape index (κ3) is 1.13. The molecule has 2 heterocycles. The molecule has 0 bridgehead atoms. The van der Waals surface area contributed by atoms with Gasteiger partial charge >= 0.3 is 0 Å². The maximum Gasteiger partial charge on any atom is 0.278 e. The van der Waals surface area contributed by atoms with Crippen molar-refractivity contribution in [2.24, 2.45) is 0 Å². The number of aryl methyl sites for hydroxylation is 1. The summed E-state index contributed by atoms with van der Waals surface area (Å²) in [6.45, 7) is 0.705. The van der Waals surface area contributed by atoms with Gasteiger partial charge < -0.3 is 4.57 Å². The highest BCUT2D eigenvalue weighted by Crippen LogP contribution is 2.22. The van der Waals surface area contributed by atoms with Crippen molar-refractivity contribution in [3.05, 3.63) is 12.0 Å². The van der Waals surface area contributed by atoms with Gasteiger partial charge in [-0.3, -0.25) is 0 Å². The molecule has 12 heavy (non-hydrogen) atoms. The summed E-state index contributed by atoms with van der Waals surface area (Å²) >= 11 is 0. The summed E-state index contributed by atoms with van der Waals surface area (Å²) in [6, 6.07) is 0. The van der Waals surface area contributed by atoms with Gasteiger partial charge in [-0.25, -0.2) is 13.4 Å². The summed E-state index contributed by atoms with van der Waals surface area (Å²) in [6.07, 6.45) is 3.10. The zero-order chi connectivity index (χ0) is 8.77. The lowest BCUT2D eigenvalue weighted by Crippen LogP contribution is -2.02. The molecule has 0 N–H and O–H groups in total. The lowest BCUT2D eigenvalue weighted by atomic mass is 10.4. The molecule has 0 unspecified atom stereocenters. The Bertz CT molecular complexity index is 409. The quantitative estimate of drug-likeness (QED) is 0.638. The van der Waals surface area contributed by atoms with Crippen LogP contribution in [0.4, 0.5) is 0 Å². The predicted octanol–water partition coefficient (Wildman–Crippen LogP) is 0.757. The Morgan fingerprint density at radius 3 is 3.00 bits per heavy atom. The fourth-order valence-corrected chi connectivity index (χ4v) is 2.43. The van der Waals surface area contributed by atoms with E-state index in [1.54, 1.807) is 4.57 Å². The largest absolute Gasteiger partial charge is 0.318 e. The zero-order valence-corrected chi connectivity index (χ0v) is 7.77. The molecule has 6 heteroatoms. The Morgan fingerprint density at radius 1 is 1.58 bits per heavy atom. The third-order valence-corrected chi connectivity index (χ3v) is 3.23. The normalized spacial score (nSPS) is 16.4. The number of imidazole rings is 1. The van der Waals surface area contributed by atoms with Crippen molar-refractivity contribution in [2.75, 3.05) is 0 Å². The molecule has 0 saturated carbocycles. The van der Waals surface area contributed by atoms with Crippen LogP contribution in [0.3, 0.4) is 0 Å². The molecule has 0 atom stereocenters. The molecule has 1 aromatic heterocycles. The van der Waals surface area contributed by atoms with Gasteiger partial charge in [-0.2, -0.15) is 0 Å². The highest BCUT2D eigenvalue weighted by atomic mass is 35.7. The summed E-state index contributed by atoms with van der Waals surface area (Å²) < 4.78 is 23.6. The molecule has 66 valence electrons. The van der Waals surface area contributed by atoms with E-state index in [4.69, 9.17) is 10.7 Å². The molecule has 0 aliphatic carbocycles. The topological polar surface area (TPSA) is 52.0 Å². The Balaban J connectivity index is 2.61. The van der Waals surface area contributed by atoms with Gasteiger partial charge in [0, 0.05) is 23.6 Å². The number of hydrogen-bond donors (Lipinski definition) is 0. The van der Waals surface area contributed by atoms with Gasteiger partial charge in [0.25, 0.3) is 9.05 Å². The van der Waals surface area contributed by atoms with E-state index in [1.165, 1.54) is 6.20 Å². The highest BCUT2D eigenvalue weighted by molar-refractivity contribution is 8.13. The molecule has 1 aliphatic heterocycles. The first-order valence-corrected chi connectivity index (χ1v) is 5.89. The van der Waals surface area contributed by atoms with Gasteiger partial charge in [-0.1, -0.05) is 0 Å². The van der Waals surface area contributed by atoms with E-state index >= 15 is 0 Å². The van der Waals surface area contributed by atoms with Crippen LogP contribution in [-0.4, -0.2) is 18.0 Å². The predicted molar refractivity (Wildman–Crippen MR) is 43.6 cm³/mol. The molecule has 0 radical (unpaired) electrons. The Kier molecular flexibility index (Phi) is 1.66. The first kappa shape index (κ1) is 8.07. The lowest BCUT2D eigenvalue weighted by molar-refractivity contribution is 0.591. The van der Waals surface area contributed by atoms with Crippen molar-refractivity contribution < 1.29 is 8.42 Å². The summed E-state index contributed by atoms with van der Waals surface area (Å²) in [5.41, 5.74) is 0. The van der Waals surface area contributed by atoms with E-state index in [1.807, 2.05) is 0 Å². The van der Waals surface area contributed by atoms with E-state index in [2.05, 4.69) is 4.98 Å². The lowest BCUT2D eigenvalue weighted by Gasteiger charge is -1.98. The SMILES string of the molecule is O=S(=O)(Cl)c1cnc2n1CCC2. The summed E-state index contributed by atoms with van der Waals surface area (Å²) in [4.78, 5) is 3.96. The van der Waals surface area contributed by atoms with Crippen molar-refractivity contribution in [1.82, 2.24) is 9.55 Å². The fraction of sp³-hybridized carbons (Fsp3) is 0.500. The summed E-state index contributed by atoms with van der Waals surface area (Å²) in [5.74, 6) is 0.814. The van der Waals surface area contributed by atoms with E-state index in [0.29, 0.717) is 6.54 Å². The molecule has 2 rings (SSSR count). The van der Waals surface area contributed by atoms with Crippen LogP contribution in [0.1, 0.15) is 12.2 Å². The van der Waals surface area contributed by atoms with Crippen molar-refractivity contribution in [3.63, 3.8) is 0 Å². The Labute approximate surface area is 74.6 Å². The van der Waals surface area contributed by atoms with Crippen LogP contribution in [0.25, 0.3) is 0 Å². The second-order valence-corrected chi connectivity index (χ2v) is 5.22. The number of halogens is 1. The number of hydrogen-bond acceptors (Lipinski definition) is 3. The van der Waals surface area contributed by atoms with Gasteiger partial charge in [-0.05, 0) is 6.42 Å². The number of fused-ring (bicyclic) bond motifs is 1. The summed E-state index contributed by atoms with van der Waals surface area (Å²) in [5, 5.41) is 0.122. The van der Waals surface area contributed by atoms with Gasteiger partial charge in [0.1, 0.15) is 5.82 Å². The Morgan fingerprint density at radius 2 is 2.33 bits per heavy atom. The van der Waals surface area contributed by atoms with E-state index < -0.39 is 9.05 Å². The van der Waals surface area contributed by atoms with Crippen molar-refractivity contribution in [2.45, 2.75) is 24.4 Å². The first-order chi connectivity index (χ1) is 5.59. The van der Waals surface area contributed by atoms with E-state index in [-0.39, 0.29) is 5.03 Å². The van der Waals surface area contributed by atoms with Crippen LogP contribution < -0.4 is 0 Å². The number of nitrogens with zero attached hydrogens (tertiary/aromatic N) is 2. The van der Waals surface area contributed by atoms with Gasteiger partial charge in [0.2, 0.25) is 0 Å². The van der Waals surface area contributed by atoms with Crippen molar-refractivity contribution in [3.8, 4) is 0 Å². The second kappa shape index (κ2) is 2.47. The van der Waals surface area contributed by atoms with Gasteiger partial charge in [0.05, 0.1) is 6.20 Å². The van der Waals surface area contributed by atoms with Crippen LogP contribution >= 0.6 is 10.7 Å². The molecule has 0 amide bonds. The van der Waals surface area contributed by atoms with Crippen molar-refractivity contribution >= 4 is 19.7 Å². The second-order valence-electron chi connectivity index (χ2n) is 2.71. The minimum Gasteiger partial charge on any atom is -0.318 e. The molecular formula is C6H7ClN2O2S. The van der Waals surface area contributed by atoms with Crippen LogP contribution in [0, 0.1) is 0 Å². The number of rotatable bonds is 1. The monoisotopic (exact) mass is 206 g/mol. The van der Waals surface area contributed by atoms with Gasteiger partial charge in [0.15, 0.2) is 5.03 Å². The Hall–Kier alpha value is -0.550. The zero-order valence-electron chi connectivity index (χ0n) is 6.20. The molecule has 0 spiro atoms. The smallest absolute Gasteiger partial charge is 0.278 e. The van der Waals surface area contributed by atoms with E-state index in [0.717, 1.165) is 18.7 Å². The van der Waals surface area contributed by atoms with Gasteiger partial charge in [-0.15, -0.1) is 0 Å². The fourth-order valence-electron chi connectivity index (χ4n) is 1.42. The molecule has 1 aromatic rings.